The molecule has 2 rings (SSSR count). The van der Waals surface area contributed by atoms with Crippen molar-refractivity contribution in [2.45, 2.75) is 20.3 Å². The summed E-state index contributed by atoms with van der Waals surface area (Å²) in [6, 6.07) is 5.14. The molecule has 0 bridgehead atoms. The van der Waals surface area contributed by atoms with Crippen molar-refractivity contribution in [1.29, 1.82) is 0 Å². The van der Waals surface area contributed by atoms with Gasteiger partial charge in [0.1, 0.15) is 5.75 Å². The summed E-state index contributed by atoms with van der Waals surface area (Å²) in [7, 11) is 0. The summed E-state index contributed by atoms with van der Waals surface area (Å²) in [6.07, 6.45) is 0.822. The number of aryl methyl sites for hydroxylation is 1. The Hall–Kier alpha value is -1.39. The van der Waals surface area contributed by atoms with Gasteiger partial charge < -0.3 is 4.74 Å². The number of hydrogen-bond donors (Lipinski definition) is 0. The predicted molar refractivity (Wildman–Crippen MR) is 77.5 cm³/mol. The number of halogens is 1. The molecule has 0 atom stereocenters. The number of carbonyl (C=O) groups excluding carboxylic acids is 1. The van der Waals surface area contributed by atoms with Crippen molar-refractivity contribution in [2.24, 2.45) is 0 Å². The molecule has 100 valence electrons. The molecule has 0 aliphatic carbocycles. The highest BCUT2D eigenvalue weighted by molar-refractivity contribution is 7.09. The van der Waals surface area contributed by atoms with Crippen LogP contribution in [0.25, 0.3) is 0 Å². The van der Waals surface area contributed by atoms with E-state index in [1.165, 1.54) is 11.8 Å². The normalized spacial score (nSPS) is 10.5. The van der Waals surface area contributed by atoms with Gasteiger partial charge in [-0.05, 0) is 32.0 Å². The Morgan fingerprint density at radius 1 is 1.47 bits per heavy atom. The van der Waals surface area contributed by atoms with Crippen LogP contribution >= 0.6 is 22.9 Å². The number of aromatic nitrogens is 1. The van der Waals surface area contributed by atoms with Crippen LogP contribution in [0.1, 0.15) is 27.9 Å². The largest absolute Gasteiger partial charge is 0.493 e. The number of Topliss-reactive ketones (excluding diaryl/α,β-unsaturated/α-hetero) is 1. The van der Waals surface area contributed by atoms with Gasteiger partial charge in [0.15, 0.2) is 5.78 Å². The maximum atomic E-state index is 11.3. The van der Waals surface area contributed by atoms with Gasteiger partial charge in [0.2, 0.25) is 0 Å². The highest BCUT2D eigenvalue weighted by Gasteiger charge is 2.07. The van der Waals surface area contributed by atoms with Crippen molar-refractivity contribution < 1.29 is 9.53 Å². The standard InChI is InChI=1S/C14H14ClNO2S/c1-9-14(19-8-16-9)5-6-18-11-3-4-12(10(2)17)13(15)7-11/h3-4,7-8H,5-6H2,1-2H3. The number of nitrogens with zero attached hydrogens (tertiary/aromatic N) is 1. The minimum absolute atomic E-state index is 0.0446. The molecule has 19 heavy (non-hydrogen) atoms. The number of hydrogen-bond acceptors (Lipinski definition) is 4. The van der Waals surface area contributed by atoms with E-state index in [-0.39, 0.29) is 5.78 Å². The van der Waals surface area contributed by atoms with Crippen LogP contribution in [0.15, 0.2) is 23.7 Å². The molecule has 0 amide bonds. The van der Waals surface area contributed by atoms with Gasteiger partial charge in [-0.2, -0.15) is 0 Å². The molecule has 5 heteroatoms. The Bertz CT molecular complexity index is 595. The predicted octanol–water partition coefficient (Wildman–Crippen LogP) is 3.93. The zero-order valence-corrected chi connectivity index (χ0v) is 12.3. The van der Waals surface area contributed by atoms with Crippen LogP contribution in [0, 0.1) is 6.92 Å². The van der Waals surface area contributed by atoms with E-state index in [2.05, 4.69) is 4.98 Å². The van der Waals surface area contributed by atoms with E-state index in [0.29, 0.717) is 22.9 Å². The second-order valence-electron chi connectivity index (χ2n) is 4.16. The molecule has 0 saturated heterocycles. The first-order chi connectivity index (χ1) is 9.08. The van der Waals surface area contributed by atoms with E-state index < -0.39 is 0 Å². The molecule has 0 aliphatic heterocycles. The highest BCUT2D eigenvalue weighted by atomic mass is 35.5. The summed E-state index contributed by atoms with van der Waals surface area (Å²) >= 11 is 7.65. The summed E-state index contributed by atoms with van der Waals surface area (Å²) in [6.45, 7) is 4.05. The maximum absolute atomic E-state index is 11.3. The molecule has 0 aliphatic rings. The molecule has 0 radical (unpaired) electrons. The average molecular weight is 296 g/mol. The first-order valence-electron chi connectivity index (χ1n) is 5.90. The van der Waals surface area contributed by atoms with Gasteiger partial charge in [-0.3, -0.25) is 4.79 Å². The van der Waals surface area contributed by atoms with E-state index in [4.69, 9.17) is 16.3 Å². The first kappa shape index (κ1) is 14.0. The zero-order valence-electron chi connectivity index (χ0n) is 10.8. The summed E-state index contributed by atoms with van der Waals surface area (Å²) in [5, 5.41) is 0.430. The lowest BCUT2D eigenvalue weighted by atomic mass is 10.1. The number of carbonyl (C=O) groups is 1. The topological polar surface area (TPSA) is 39.2 Å². The Kier molecular flexibility index (Phi) is 4.56. The first-order valence-corrected chi connectivity index (χ1v) is 7.16. The van der Waals surface area contributed by atoms with Crippen molar-refractivity contribution in [2.75, 3.05) is 6.61 Å². The van der Waals surface area contributed by atoms with Crippen LogP contribution in [0.4, 0.5) is 0 Å². The third-order valence-electron chi connectivity index (χ3n) is 2.76. The molecule has 2 aromatic rings. The van der Waals surface area contributed by atoms with Gasteiger partial charge in [0.25, 0.3) is 0 Å². The van der Waals surface area contributed by atoms with Crippen molar-refractivity contribution in [3.8, 4) is 5.75 Å². The van der Waals surface area contributed by atoms with Crippen LogP contribution in [0.3, 0.4) is 0 Å². The van der Waals surface area contributed by atoms with E-state index in [1.807, 2.05) is 12.4 Å². The second-order valence-corrected chi connectivity index (χ2v) is 5.50. The lowest BCUT2D eigenvalue weighted by Crippen LogP contribution is -2.02. The quantitative estimate of drug-likeness (QED) is 0.785. The number of benzene rings is 1. The summed E-state index contributed by atoms with van der Waals surface area (Å²) in [5.41, 5.74) is 3.41. The summed E-state index contributed by atoms with van der Waals surface area (Å²) < 4.78 is 5.63. The third-order valence-corrected chi connectivity index (χ3v) is 4.07. The van der Waals surface area contributed by atoms with Gasteiger partial charge in [-0.15, -0.1) is 11.3 Å². The fourth-order valence-corrected chi connectivity index (χ4v) is 2.76. The van der Waals surface area contributed by atoms with Gasteiger partial charge in [-0.25, -0.2) is 4.98 Å². The molecule has 0 saturated carbocycles. The lowest BCUT2D eigenvalue weighted by molar-refractivity contribution is 0.101. The molecule has 1 aromatic carbocycles. The van der Waals surface area contributed by atoms with E-state index >= 15 is 0 Å². The minimum atomic E-state index is -0.0446. The van der Waals surface area contributed by atoms with Crippen LogP contribution < -0.4 is 4.74 Å². The Morgan fingerprint density at radius 3 is 2.84 bits per heavy atom. The third kappa shape index (κ3) is 3.55. The van der Waals surface area contributed by atoms with Crippen molar-refractivity contribution >= 4 is 28.7 Å². The highest BCUT2D eigenvalue weighted by Crippen LogP contribution is 2.23. The minimum Gasteiger partial charge on any atom is -0.493 e. The smallest absolute Gasteiger partial charge is 0.161 e. The Morgan fingerprint density at radius 2 is 2.26 bits per heavy atom. The van der Waals surface area contributed by atoms with Crippen molar-refractivity contribution in [3.05, 3.63) is 44.9 Å². The Labute approximate surface area is 121 Å². The van der Waals surface area contributed by atoms with Crippen molar-refractivity contribution in [3.63, 3.8) is 0 Å². The molecule has 0 spiro atoms. The number of rotatable bonds is 5. The zero-order chi connectivity index (χ0) is 13.8. The fourth-order valence-electron chi connectivity index (χ4n) is 1.70. The van der Waals surface area contributed by atoms with E-state index in [1.54, 1.807) is 29.5 Å². The summed E-state index contributed by atoms with van der Waals surface area (Å²) in [5.74, 6) is 0.633. The van der Waals surface area contributed by atoms with E-state index in [9.17, 15) is 4.79 Å². The fraction of sp³-hybridized carbons (Fsp3) is 0.286. The van der Waals surface area contributed by atoms with Crippen LogP contribution in [0.2, 0.25) is 5.02 Å². The SMILES string of the molecule is CC(=O)c1ccc(OCCc2scnc2C)cc1Cl. The van der Waals surface area contributed by atoms with Gasteiger partial charge >= 0.3 is 0 Å². The molecule has 1 aromatic heterocycles. The van der Waals surface area contributed by atoms with Gasteiger partial charge in [0, 0.05) is 16.9 Å². The number of thiazole rings is 1. The van der Waals surface area contributed by atoms with Gasteiger partial charge in [0.05, 0.1) is 22.8 Å². The second kappa shape index (κ2) is 6.17. The van der Waals surface area contributed by atoms with Crippen LogP contribution in [0.5, 0.6) is 5.75 Å². The summed E-state index contributed by atoms with van der Waals surface area (Å²) in [4.78, 5) is 16.7. The van der Waals surface area contributed by atoms with Crippen LogP contribution in [-0.2, 0) is 6.42 Å². The Balaban J connectivity index is 1.95. The van der Waals surface area contributed by atoms with Gasteiger partial charge in [-0.1, -0.05) is 11.6 Å². The molecule has 0 unspecified atom stereocenters. The molecule has 3 nitrogen and oxygen atoms in total. The lowest BCUT2D eigenvalue weighted by Gasteiger charge is -2.07. The number of ether oxygens (including phenoxy) is 1. The molecule has 0 fully saturated rings. The monoisotopic (exact) mass is 295 g/mol. The average Bonchev–Trinajstić information content (AvgIpc) is 2.75. The maximum Gasteiger partial charge on any atom is 0.161 e. The van der Waals surface area contributed by atoms with Crippen LogP contribution in [-0.4, -0.2) is 17.4 Å². The molecule has 0 N–H and O–H groups in total. The van der Waals surface area contributed by atoms with E-state index in [0.717, 1.165) is 12.1 Å². The molecule has 1 heterocycles. The molecular formula is C14H14ClNO2S. The van der Waals surface area contributed by atoms with Crippen molar-refractivity contribution in [1.82, 2.24) is 4.98 Å². The molecular weight excluding hydrogens is 282 g/mol. The number of ketones is 1.